The molecule has 0 fully saturated rings. The second-order valence-electron chi connectivity index (χ2n) is 4.17. The summed E-state index contributed by atoms with van der Waals surface area (Å²) in [4.78, 5) is 22.5. The summed E-state index contributed by atoms with van der Waals surface area (Å²) < 4.78 is 1.71. The van der Waals surface area contributed by atoms with Gasteiger partial charge in [0.1, 0.15) is 0 Å². The Bertz CT molecular complexity index is 708. The maximum atomic E-state index is 12.3. The summed E-state index contributed by atoms with van der Waals surface area (Å²) in [5, 5.41) is 12.9. The SMILES string of the molecule is O=c1c2cc([N+](=O)[O-])ccc2cc2n1CCCS2. The van der Waals surface area contributed by atoms with Crippen molar-refractivity contribution in [2.75, 3.05) is 5.75 Å². The minimum atomic E-state index is -0.474. The van der Waals surface area contributed by atoms with E-state index in [9.17, 15) is 14.9 Å². The highest BCUT2D eigenvalue weighted by atomic mass is 32.2. The molecule has 0 bridgehead atoms. The van der Waals surface area contributed by atoms with Crippen LogP contribution in [0, 0.1) is 10.1 Å². The Morgan fingerprint density at radius 3 is 2.94 bits per heavy atom. The summed E-state index contributed by atoms with van der Waals surface area (Å²) >= 11 is 1.66. The molecule has 0 atom stereocenters. The number of non-ortho nitro benzene ring substituents is 1. The molecule has 0 saturated heterocycles. The average molecular weight is 262 g/mol. The van der Waals surface area contributed by atoms with Gasteiger partial charge in [-0.3, -0.25) is 14.9 Å². The fourth-order valence-corrected chi connectivity index (χ4v) is 3.18. The van der Waals surface area contributed by atoms with Gasteiger partial charge in [0.05, 0.1) is 15.3 Å². The first-order valence-corrected chi connectivity index (χ1v) is 6.60. The van der Waals surface area contributed by atoms with Crippen molar-refractivity contribution in [2.45, 2.75) is 18.0 Å². The van der Waals surface area contributed by atoms with Crippen LogP contribution in [0.1, 0.15) is 6.42 Å². The Hall–Kier alpha value is -1.82. The molecule has 0 saturated carbocycles. The largest absolute Gasteiger partial charge is 0.303 e. The monoisotopic (exact) mass is 262 g/mol. The minimum absolute atomic E-state index is 0.0383. The predicted octanol–water partition coefficient (Wildman–Crippen LogP) is 2.41. The lowest BCUT2D eigenvalue weighted by molar-refractivity contribution is -0.384. The van der Waals surface area contributed by atoms with Gasteiger partial charge in [-0.15, -0.1) is 11.8 Å². The molecule has 2 heterocycles. The van der Waals surface area contributed by atoms with Crippen LogP contribution in [-0.4, -0.2) is 15.2 Å². The molecule has 18 heavy (non-hydrogen) atoms. The molecule has 1 aliphatic rings. The van der Waals surface area contributed by atoms with Crippen molar-refractivity contribution in [1.82, 2.24) is 4.57 Å². The van der Waals surface area contributed by atoms with Gasteiger partial charge < -0.3 is 4.57 Å². The van der Waals surface area contributed by atoms with Crippen molar-refractivity contribution in [3.05, 3.63) is 44.7 Å². The van der Waals surface area contributed by atoms with E-state index in [4.69, 9.17) is 0 Å². The molecule has 92 valence electrons. The Morgan fingerprint density at radius 1 is 1.33 bits per heavy atom. The second-order valence-corrected chi connectivity index (χ2v) is 5.29. The van der Waals surface area contributed by atoms with Crippen LogP contribution in [0.2, 0.25) is 0 Å². The Balaban J connectivity index is 2.33. The number of pyridine rings is 1. The molecular formula is C12H10N2O3S. The molecule has 0 aliphatic carbocycles. The van der Waals surface area contributed by atoms with Gasteiger partial charge >= 0.3 is 0 Å². The molecule has 0 N–H and O–H groups in total. The average Bonchev–Trinajstić information content (AvgIpc) is 2.38. The number of aromatic nitrogens is 1. The molecule has 5 nitrogen and oxygen atoms in total. The van der Waals surface area contributed by atoms with Crippen LogP contribution < -0.4 is 5.56 Å². The third-order valence-corrected chi connectivity index (χ3v) is 4.17. The smallest absolute Gasteiger partial charge is 0.270 e. The number of hydrogen-bond donors (Lipinski definition) is 0. The lowest BCUT2D eigenvalue weighted by Crippen LogP contribution is -2.24. The molecule has 0 radical (unpaired) electrons. The van der Waals surface area contributed by atoms with Crippen molar-refractivity contribution in [2.24, 2.45) is 0 Å². The topological polar surface area (TPSA) is 65.1 Å². The number of nitro groups is 1. The first-order chi connectivity index (χ1) is 8.66. The van der Waals surface area contributed by atoms with Gasteiger partial charge in [-0.2, -0.15) is 0 Å². The molecule has 2 aromatic rings. The molecule has 1 aliphatic heterocycles. The van der Waals surface area contributed by atoms with Crippen molar-refractivity contribution in [3.63, 3.8) is 0 Å². The van der Waals surface area contributed by atoms with E-state index in [0.29, 0.717) is 11.9 Å². The second kappa shape index (κ2) is 4.13. The third kappa shape index (κ3) is 1.69. The molecule has 0 amide bonds. The number of fused-ring (bicyclic) bond motifs is 2. The van der Waals surface area contributed by atoms with Gasteiger partial charge in [0, 0.05) is 24.4 Å². The van der Waals surface area contributed by atoms with Gasteiger partial charge in [-0.05, 0) is 23.9 Å². The number of nitro benzene ring substituents is 1. The van der Waals surface area contributed by atoms with Crippen LogP contribution in [0.15, 0.2) is 34.1 Å². The summed E-state index contributed by atoms with van der Waals surface area (Å²) in [5.41, 5.74) is -0.165. The first-order valence-electron chi connectivity index (χ1n) is 5.61. The van der Waals surface area contributed by atoms with E-state index < -0.39 is 4.92 Å². The molecule has 0 unspecified atom stereocenters. The maximum Gasteiger partial charge on any atom is 0.270 e. The van der Waals surface area contributed by atoms with Crippen LogP contribution in [0.25, 0.3) is 10.8 Å². The van der Waals surface area contributed by atoms with Gasteiger partial charge in [0.15, 0.2) is 0 Å². The van der Waals surface area contributed by atoms with Crippen molar-refractivity contribution in [1.29, 1.82) is 0 Å². The fraction of sp³-hybridized carbons (Fsp3) is 0.250. The van der Waals surface area contributed by atoms with E-state index >= 15 is 0 Å². The summed E-state index contributed by atoms with van der Waals surface area (Å²) in [6.07, 6.45) is 0.956. The van der Waals surface area contributed by atoms with Crippen molar-refractivity contribution >= 4 is 28.2 Å². The molecular weight excluding hydrogens is 252 g/mol. The quantitative estimate of drug-likeness (QED) is 0.584. The van der Waals surface area contributed by atoms with E-state index in [-0.39, 0.29) is 11.2 Å². The predicted molar refractivity (Wildman–Crippen MR) is 70.2 cm³/mol. The Morgan fingerprint density at radius 2 is 2.17 bits per heavy atom. The molecule has 1 aromatic heterocycles. The van der Waals surface area contributed by atoms with E-state index in [0.717, 1.165) is 22.6 Å². The number of benzene rings is 1. The van der Waals surface area contributed by atoms with E-state index in [2.05, 4.69) is 0 Å². The zero-order valence-electron chi connectivity index (χ0n) is 9.46. The molecule has 3 rings (SSSR count). The summed E-state index contributed by atoms with van der Waals surface area (Å²) in [7, 11) is 0. The normalized spacial score (nSPS) is 14.4. The van der Waals surface area contributed by atoms with Gasteiger partial charge in [-0.25, -0.2) is 0 Å². The highest BCUT2D eigenvalue weighted by molar-refractivity contribution is 7.99. The highest BCUT2D eigenvalue weighted by Gasteiger charge is 2.15. The Labute approximate surface area is 107 Å². The van der Waals surface area contributed by atoms with E-state index in [1.165, 1.54) is 12.1 Å². The number of rotatable bonds is 1. The third-order valence-electron chi connectivity index (χ3n) is 3.04. The van der Waals surface area contributed by atoms with Gasteiger partial charge in [-0.1, -0.05) is 0 Å². The lowest BCUT2D eigenvalue weighted by atomic mass is 10.1. The zero-order valence-corrected chi connectivity index (χ0v) is 10.3. The lowest BCUT2D eigenvalue weighted by Gasteiger charge is -2.18. The molecule has 6 heteroatoms. The molecule has 1 aromatic carbocycles. The Kier molecular flexibility index (Phi) is 2.59. The maximum absolute atomic E-state index is 12.3. The minimum Gasteiger partial charge on any atom is -0.303 e. The molecule has 0 spiro atoms. The van der Waals surface area contributed by atoms with E-state index in [1.54, 1.807) is 22.4 Å². The summed E-state index contributed by atoms with van der Waals surface area (Å²) in [6, 6.07) is 6.38. The number of thioether (sulfide) groups is 1. The van der Waals surface area contributed by atoms with Crippen LogP contribution in [0.5, 0.6) is 0 Å². The first kappa shape index (κ1) is 11.3. The summed E-state index contributed by atoms with van der Waals surface area (Å²) in [5.74, 6) is 1.01. The van der Waals surface area contributed by atoms with Crippen LogP contribution >= 0.6 is 11.8 Å². The highest BCUT2D eigenvalue weighted by Crippen LogP contribution is 2.27. The van der Waals surface area contributed by atoms with E-state index in [1.807, 2.05) is 6.07 Å². The zero-order chi connectivity index (χ0) is 12.7. The number of hydrogen-bond acceptors (Lipinski definition) is 4. The number of nitrogens with zero attached hydrogens (tertiary/aromatic N) is 2. The fourth-order valence-electron chi connectivity index (χ4n) is 2.16. The van der Waals surface area contributed by atoms with Gasteiger partial charge in [0.2, 0.25) is 0 Å². The van der Waals surface area contributed by atoms with Gasteiger partial charge in [0.25, 0.3) is 11.2 Å². The van der Waals surface area contributed by atoms with Crippen molar-refractivity contribution < 1.29 is 4.92 Å². The summed E-state index contributed by atoms with van der Waals surface area (Å²) in [6.45, 7) is 0.694. The van der Waals surface area contributed by atoms with Crippen molar-refractivity contribution in [3.8, 4) is 0 Å². The van der Waals surface area contributed by atoms with Crippen LogP contribution in [0.3, 0.4) is 0 Å². The van der Waals surface area contributed by atoms with Crippen LogP contribution in [-0.2, 0) is 6.54 Å². The standard InChI is InChI=1S/C12H10N2O3S/c15-12-10-7-9(14(16)17)3-2-8(10)6-11-13(12)4-1-5-18-11/h2-3,6-7H,1,4-5H2. The van der Waals surface area contributed by atoms with Crippen LogP contribution in [0.4, 0.5) is 5.69 Å².